The molecule has 0 spiro atoms. The van der Waals surface area contributed by atoms with Crippen LogP contribution in [0.15, 0.2) is 42.5 Å². The number of benzene rings is 2. The quantitative estimate of drug-likeness (QED) is 0.698. The van der Waals surface area contributed by atoms with E-state index in [-0.39, 0.29) is 11.6 Å². The van der Waals surface area contributed by atoms with Crippen LogP contribution in [0.1, 0.15) is 35.3 Å². The molecule has 0 unspecified atom stereocenters. The molecule has 6 nitrogen and oxygen atoms in total. The van der Waals surface area contributed by atoms with E-state index in [4.69, 9.17) is 4.74 Å². The molecule has 2 aromatic rings. The van der Waals surface area contributed by atoms with Crippen molar-refractivity contribution in [1.82, 2.24) is 5.32 Å². The number of amides is 2. The van der Waals surface area contributed by atoms with Gasteiger partial charge in [0.1, 0.15) is 11.9 Å². The number of anilines is 1. The van der Waals surface area contributed by atoms with Crippen molar-refractivity contribution >= 4 is 23.5 Å². The Bertz CT molecular complexity index is 894. The smallest absolute Gasteiger partial charge is 0.329 e. The molecule has 0 saturated carbocycles. The van der Waals surface area contributed by atoms with Crippen LogP contribution in [0.25, 0.3) is 0 Å². The second-order valence-corrected chi connectivity index (χ2v) is 7.18. The first-order chi connectivity index (χ1) is 13.7. The highest BCUT2D eigenvalue weighted by Crippen LogP contribution is 2.13. The van der Waals surface area contributed by atoms with Gasteiger partial charge in [-0.05, 0) is 49.6 Å². The molecule has 29 heavy (non-hydrogen) atoms. The fourth-order valence-corrected chi connectivity index (χ4v) is 2.52. The number of halogens is 1. The number of nitrogens with one attached hydrogen (secondary N) is 2. The van der Waals surface area contributed by atoms with Crippen LogP contribution < -0.4 is 10.6 Å². The summed E-state index contributed by atoms with van der Waals surface area (Å²) < 4.78 is 18.6. The van der Waals surface area contributed by atoms with Crippen molar-refractivity contribution < 1.29 is 23.5 Å². The zero-order chi connectivity index (χ0) is 21.6. The average Bonchev–Trinajstić information content (AvgIpc) is 2.67. The summed E-state index contributed by atoms with van der Waals surface area (Å²) in [5.74, 6) is -2.41. The Kier molecular flexibility index (Phi) is 7.47. The van der Waals surface area contributed by atoms with Crippen LogP contribution in [-0.2, 0) is 14.3 Å². The first-order valence-electron chi connectivity index (χ1n) is 9.27. The third-order valence-corrected chi connectivity index (χ3v) is 4.32. The number of ether oxygens (including phenoxy) is 1. The maximum atomic E-state index is 13.5. The van der Waals surface area contributed by atoms with Gasteiger partial charge in [0.15, 0.2) is 6.61 Å². The van der Waals surface area contributed by atoms with E-state index < -0.39 is 36.2 Å². The predicted molar refractivity (Wildman–Crippen MR) is 108 cm³/mol. The molecule has 0 saturated heterocycles. The molecular weight excluding hydrogens is 375 g/mol. The minimum atomic E-state index is -0.909. The van der Waals surface area contributed by atoms with Gasteiger partial charge in [0, 0.05) is 11.3 Å². The van der Waals surface area contributed by atoms with E-state index in [0.29, 0.717) is 11.1 Å². The van der Waals surface area contributed by atoms with Gasteiger partial charge in [-0.15, -0.1) is 0 Å². The van der Waals surface area contributed by atoms with Crippen LogP contribution in [-0.4, -0.2) is 30.4 Å². The van der Waals surface area contributed by atoms with Crippen LogP contribution in [0.5, 0.6) is 0 Å². The van der Waals surface area contributed by atoms with Crippen LogP contribution in [0, 0.1) is 25.6 Å². The van der Waals surface area contributed by atoms with E-state index in [9.17, 15) is 18.8 Å². The second kappa shape index (κ2) is 9.82. The maximum Gasteiger partial charge on any atom is 0.329 e. The summed E-state index contributed by atoms with van der Waals surface area (Å²) >= 11 is 0. The van der Waals surface area contributed by atoms with Crippen LogP contribution >= 0.6 is 0 Å². The van der Waals surface area contributed by atoms with Gasteiger partial charge in [0.2, 0.25) is 0 Å². The average molecular weight is 400 g/mol. The number of esters is 1. The lowest BCUT2D eigenvalue weighted by molar-refractivity contribution is -0.150. The Morgan fingerprint density at radius 1 is 1.03 bits per heavy atom. The summed E-state index contributed by atoms with van der Waals surface area (Å²) in [4.78, 5) is 36.7. The molecule has 0 heterocycles. The summed E-state index contributed by atoms with van der Waals surface area (Å²) in [6.45, 7) is 6.50. The van der Waals surface area contributed by atoms with Crippen molar-refractivity contribution in [3.63, 3.8) is 0 Å². The van der Waals surface area contributed by atoms with E-state index in [1.807, 2.05) is 6.92 Å². The fraction of sp³-hybridized carbons (Fsp3) is 0.318. The van der Waals surface area contributed by atoms with Crippen molar-refractivity contribution in [2.45, 2.75) is 33.7 Å². The first kappa shape index (κ1) is 22.1. The normalized spacial score (nSPS) is 11.7. The highest BCUT2D eigenvalue weighted by Gasteiger charge is 2.26. The van der Waals surface area contributed by atoms with Crippen molar-refractivity contribution in [3.8, 4) is 0 Å². The summed E-state index contributed by atoms with van der Waals surface area (Å²) in [5.41, 5.74) is 2.16. The number of carbonyl (C=O) groups excluding carboxylic acids is 3. The van der Waals surface area contributed by atoms with Gasteiger partial charge < -0.3 is 15.4 Å². The Morgan fingerprint density at radius 3 is 2.28 bits per heavy atom. The molecule has 2 rings (SSSR count). The molecule has 0 aromatic heterocycles. The Hall–Kier alpha value is -3.22. The molecule has 0 fully saturated rings. The predicted octanol–water partition coefficient (Wildman–Crippen LogP) is 3.38. The molecule has 2 N–H and O–H groups in total. The maximum absolute atomic E-state index is 13.5. The van der Waals surface area contributed by atoms with Crippen LogP contribution in [0.2, 0.25) is 0 Å². The number of hydrogen-bond donors (Lipinski definition) is 2. The van der Waals surface area contributed by atoms with E-state index in [0.717, 1.165) is 5.56 Å². The SMILES string of the molecule is Cc1ccc(C(=O)N[C@H](C(=O)OCC(=O)Nc2ccc(C)c(F)c2)C(C)C)cc1. The van der Waals surface area contributed by atoms with E-state index in [2.05, 4.69) is 10.6 Å². The largest absolute Gasteiger partial charge is 0.454 e. The van der Waals surface area contributed by atoms with Crippen molar-refractivity contribution in [2.24, 2.45) is 5.92 Å². The van der Waals surface area contributed by atoms with E-state index in [1.54, 1.807) is 51.1 Å². The lowest BCUT2D eigenvalue weighted by atomic mass is 10.0. The number of rotatable bonds is 7. The molecule has 2 amide bonds. The summed E-state index contributed by atoms with van der Waals surface area (Å²) in [7, 11) is 0. The molecule has 0 radical (unpaired) electrons. The molecule has 0 bridgehead atoms. The van der Waals surface area contributed by atoms with Gasteiger partial charge in [0.25, 0.3) is 11.8 Å². The second-order valence-electron chi connectivity index (χ2n) is 7.18. The molecule has 2 aromatic carbocycles. The van der Waals surface area contributed by atoms with Gasteiger partial charge >= 0.3 is 5.97 Å². The molecule has 0 aliphatic heterocycles. The van der Waals surface area contributed by atoms with Crippen molar-refractivity contribution in [3.05, 3.63) is 65.0 Å². The lowest BCUT2D eigenvalue weighted by Crippen LogP contribution is -2.45. The Morgan fingerprint density at radius 2 is 1.69 bits per heavy atom. The topological polar surface area (TPSA) is 84.5 Å². The number of carbonyl (C=O) groups is 3. The Balaban J connectivity index is 1.92. The first-order valence-corrected chi connectivity index (χ1v) is 9.27. The zero-order valence-electron chi connectivity index (χ0n) is 16.9. The van der Waals surface area contributed by atoms with Gasteiger partial charge in [-0.25, -0.2) is 9.18 Å². The minimum absolute atomic E-state index is 0.244. The fourth-order valence-electron chi connectivity index (χ4n) is 2.52. The summed E-state index contributed by atoms with van der Waals surface area (Å²) in [5, 5.41) is 5.11. The summed E-state index contributed by atoms with van der Waals surface area (Å²) in [6, 6.07) is 10.3. The number of hydrogen-bond acceptors (Lipinski definition) is 4. The van der Waals surface area contributed by atoms with Gasteiger partial charge in [-0.2, -0.15) is 0 Å². The molecule has 7 heteroatoms. The van der Waals surface area contributed by atoms with Gasteiger partial charge in [-0.1, -0.05) is 37.6 Å². The highest BCUT2D eigenvalue weighted by molar-refractivity contribution is 5.97. The molecule has 0 aliphatic rings. The van der Waals surface area contributed by atoms with Crippen LogP contribution in [0.3, 0.4) is 0 Å². The van der Waals surface area contributed by atoms with Crippen molar-refractivity contribution in [2.75, 3.05) is 11.9 Å². The van der Waals surface area contributed by atoms with E-state index in [1.165, 1.54) is 12.1 Å². The molecule has 0 aliphatic carbocycles. The highest BCUT2D eigenvalue weighted by atomic mass is 19.1. The monoisotopic (exact) mass is 400 g/mol. The third kappa shape index (κ3) is 6.41. The van der Waals surface area contributed by atoms with Gasteiger partial charge in [-0.3, -0.25) is 9.59 Å². The standard InChI is InChI=1S/C22H25FN2O4/c1-13(2)20(25-21(27)16-8-5-14(3)6-9-16)22(28)29-12-19(26)24-17-10-7-15(4)18(23)11-17/h5-11,13,20H,12H2,1-4H3,(H,24,26)(H,25,27)/t20-/m0/s1. The molecular formula is C22H25FN2O4. The Labute approximate surface area is 169 Å². The zero-order valence-corrected chi connectivity index (χ0v) is 16.9. The minimum Gasteiger partial charge on any atom is -0.454 e. The van der Waals surface area contributed by atoms with Crippen molar-refractivity contribution in [1.29, 1.82) is 0 Å². The van der Waals surface area contributed by atoms with E-state index >= 15 is 0 Å². The molecule has 1 atom stereocenters. The van der Waals surface area contributed by atoms with Gasteiger partial charge in [0.05, 0.1) is 0 Å². The lowest BCUT2D eigenvalue weighted by Gasteiger charge is -2.21. The van der Waals surface area contributed by atoms with Crippen LogP contribution in [0.4, 0.5) is 10.1 Å². The third-order valence-electron chi connectivity index (χ3n) is 4.32. The number of aryl methyl sites for hydroxylation is 2. The summed E-state index contributed by atoms with van der Waals surface area (Å²) in [6.07, 6.45) is 0. The molecule has 154 valence electrons.